The van der Waals surface area contributed by atoms with Gasteiger partial charge >= 0.3 is 0 Å². The van der Waals surface area contributed by atoms with Gasteiger partial charge in [-0.05, 0) is 50.3 Å². The van der Waals surface area contributed by atoms with Gasteiger partial charge in [0.05, 0.1) is 19.2 Å². The van der Waals surface area contributed by atoms with Crippen molar-refractivity contribution in [1.82, 2.24) is 10.2 Å². The van der Waals surface area contributed by atoms with Gasteiger partial charge in [0.2, 0.25) is 0 Å². The van der Waals surface area contributed by atoms with Crippen LogP contribution in [0.1, 0.15) is 25.8 Å². The van der Waals surface area contributed by atoms with E-state index in [0.717, 1.165) is 44.7 Å². The summed E-state index contributed by atoms with van der Waals surface area (Å²) in [6.45, 7) is 9.52. The Morgan fingerprint density at radius 3 is 2.43 bits per heavy atom. The lowest BCUT2D eigenvalue weighted by atomic mass is 10.2. The van der Waals surface area contributed by atoms with Crippen LogP contribution < -0.4 is 14.8 Å². The number of halogens is 1. The molecule has 0 bridgehead atoms. The van der Waals surface area contributed by atoms with Gasteiger partial charge in [-0.25, -0.2) is 0 Å². The van der Waals surface area contributed by atoms with Gasteiger partial charge < -0.3 is 19.7 Å². The van der Waals surface area contributed by atoms with Crippen LogP contribution >= 0.6 is 11.6 Å². The first-order valence-corrected chi connectivity index (χ1v) is 7.87. The molecule has 0 amide bonds. The Kier molecular flexibility index (Phi) is 8.50. The van der Waals surface area contributed by atoms with Gasteiger partial charge in [-0.3, -0.25) is 0 Å². The Bertz CT molecular complexity index is 423. The Morgan fingerprint density at radius 1 is 1.14 bits per heavy atom. The highest BCUT2D eigenvalue weighted by Crippen LogP contribution is 2.35. The topological polar surface area (TPSA) is 33.7 Å². The largest absolute Gasteiger partial charge is 0.493 e. The Balaban J connectivity index is 2.44. The lowest BCUT2D eigenvalue weighted by Crippen LogP contribution is -2.27. The summed E-state index contributed by atoms with van der Waals surface area (Å²) in [7, 11) is 3.21. The normalized spacial score (nSPS) is 11.0. The minimum absolute atomic E-state index is 0.580. The third-order valence-corrected chi connectivity index (χ3v) is 3.83. The lowest BCUT2D eigenvalue weighted by molar-refractivity contribution is 0.298. The zero-order chi connectivity index (χ0) is 15.7. The van der Waals surface area contributed by atoms with Crippen LogP contribution in [0, 0.1) is 0 Å². The second-order valence-electron chi connectivity index (χ2n) is 4.87. The second-order valence-corrected chi connectivity index (χ2v) is 5.28. The molecule has 0 saturated heterocycles. The molecule has 0 aliphatic carbocycles. The van der Waals surface area contributed by atoms with E-state index in [0.29, 0.717) is 16.5 Å². The van der Waals surface area contributed by atoms with E-state index in [1.807, 2.05) is 12.1 Å². The van der Waals surface area contributed by atoms with Gasteiger partial charge in [-0.2, -0.15) is 0 Å². The Morgan fingerprint density at radius 2 is 1.86 bits per heavy atom. The molecule has 21 heavy (non-hydrogen) atoms. The van der Waals surface area contributed by atoms with Crippen LogP contribution in [0.5, 0.6) is 11.5 Å². The minimum atomic E-state index is 0.580. The van der Waals surface area contributed by atoms with Crippen molar-refractivity contribution in [1.29, 1.82) is 0 Å². The van der Waals surface area contributed by atoms with Crippen molar-refractivity contribution in [2.45, 2.75) is 26.8 Å². The molecule has 0 aliphatic heterocycles. The molecular weight excluding hydrogens is 288 g/mol. The lowest BCUT2D eigenvalue weighted by Gasteiger charge is -2.17. The van der Waals surface area contributed by atoms with E-state index in [-0.39, 0.29) is 0 Å². The van der Waals surface area contributed by atoms with Crippen LogP contribution in [-0.4, -0.2) is 45.3 Å². The molecule has 0 spiro atoms. The summed E-state index contributed by atoms with van der Waals surface area (Å²) >= 11 is 6.19. The van der Waals surface area contributed by atoms with Crippen LogP contribution in [0.2, 0.25) is 5.02 Å². The molecule has 1 aromatic rings. The average molecular weight is 315 g/mol. The number of nitrogens with one attached hydrogen (secondary N) is 1. The molecule has 120 valence electrons. The van der Waals surface area contributed by atoms with Crippen molar-refractivity contribution < 1.29 is 9.47 Å². The van der Waals surface area contributed by atoms with Crippen LogP contribution in [0.4, 0.5) is 0 Å². The molecule has 0 fully saturated rings. The van der Waals surface area contributed by atoms with Crippen molar-refractivity contribution in [2.75, 3.05) is 40.4 Å². The van der Waals surface area contributed by atoms with Crippen molar-refractivity contribution in [3.05, 3.63) is 22.7 Å². The summed E-state index contributed by atoms with van der Waals surface area (Å²) in [5.74, 6) is 1.26. The van der Waals surface area contributed by atoms with E-state index in [4.69, 9.17) is 21.1 Å². The fraction of sp³-hybridized carbons (Fsp3) is 0.625. The molecule has 5 heteroatoms. The Hall–Kier alpha value is -0.970. The second kappa shape index (κ2) is 9.87. The summed E-state index contributed by atoms with van der Waals surface area (Å²) in [5, 5.41) is 4.02. The monoisotopic (exact) mass is 314 g/mol. The Labute approximate surface area is 133 Å². The summed E-state index contributed by atoms with van der Waals surface area (Å²) in [6, 6.07) is 3.88. The van der Waals surface area contributed by atoms with Crippen LogP contribution in [0.25, 0.3) is 0 Å². The smallest absolute Gasteiger partial charge is 0.179 e. The predicted molar refractivity (Wildman–Crippen MR) is 88.7 cm³/mol. The molecule has 4 nitrogen and oxygen atoms in total. The first-order chi connectivity index (χ1) is 10.2. The van der Waals surface area contributed by atoms with Gasteiger partial charge in [0.25, 0.3) is 0 Å². The third-order valence-electron chi connectivity index (χ3n) is 3.54. The number of rotatable bonds is 10. The number of ether oxygens (including phenoxy) is 2. The van der Waals surface area contributed by atoms with E-state index >= 15 is 0 Å². The quantitative estimate of drug-likeness (QED) is 0.673. The van der Waals surface area contributed by atoms with E-state index in [1.54, 1.807) is 14.2 Å². The first-order valence-electron chi connectivity index (χ1n) is 7.49. The van der Waals surface area contributed by atoms with Crippen molar-refractivity contribution in [3.8, 4) is 11.5 Å². The molecule has 0 unspecified atom stereocenters. The van der Waals surface area contributed by atoms with Gasteiger partial charge in [0.1, 0.15) is 0 Å². The number of hydrogen-bond acceptors (Lipinski definition) is 4. The highest BCUT2D eigenvalue weighted by Gasteiger charge is 2.10. The SMILES string of the molecule is CCN(CC)CCCNCc1cc(Cl)c(OC)c(OC)c1. The highest BCUT2D eigenvalue weighted by molar-refractivity contribution is 6.32. The molecule has 1 N–H and O–H groups in total. The van der Waals surface area contributed by atoms with Crippen LogP contribution in [0.15, 0.2) is 12.1 Å². The number of methoxy groups -OCH3 is 2. The van der Waals surface area contributed by atoms with Crippen LogP contribution in [0.3, 0.4) is 0 Å². The molecule has 0 atom stereocenters. The van der Waals surface area contributed by atoms with E-state index in [9.17, 15) is 0 Å². The molecule has 1 rings (SSSR count). The standard InChI is InChI=1S/C16H27ClN2O2/c1-5-19(6-2)9-7-8-18-12-13-10-14(17)16(21-4)15(11-13)20-3/h10-11,18H,5-9,12H2,1-4H3. The number of benzene rings is 1. The van der Waals surface area contributed by atoms with E-state index < -0.39 is 0 Å². The van der Waals surface area contributed by atoms with Gasteiger partial charge in [0.15, 0.2) is 11.5 Å². The molecular formula is C16H27ClN2O2. The molecule has 1 aromatic carbocycles. The fourth-order valence-corrected chi connectivity index (χ4v) is 2.58. The van der Waals surface area contributed by atoms with Gasteiger partial charge in [-0.1, -0.05) is 25.4 Å². The third kappa shape index (κ3) is 5.73. The zero-order valence-corrected chi connectivity index (χ0v) is 14.3. The van der Waals surface area contributed by atoms with Gasteiger partial charge in [0, 0.05) is 6.54 Å². The average Bonchev–Trinajstić information content (AvgIpc) is 2.50. The first kappa shape index (κ1) is 18.1. The van der Waals surface area contributed by atoms with Crippen molar-refractivity contribution >= 4 is 11.6 Å². The van der Waals surface area contributed by atoms with Crippen molar-refractivity contribution in [2.24, 2.45) is 0 Å². The van der Waals surface area contributed by atoms with Crippen molar-refractivity contribution in [3.63, 3.8) is 0 Å². The maximum atomic E-state index is 6.19. The molecule has 0 radical (unpaired) electrons. The zero-order valence-electron chi connectivity index (χ0n) is 13.5. The molecule has 0 heterocycles. The predicted octanol–water partition coefficient (Wildman–Crippen LogP) is 3.18. The summed E-state index contributed by atoms with van der Waals surface area (Å²) in [5.41, 5.74) is 1.10. The number of hydrogen-bond donors (Lipinski definition) is 1. The fourth-order valence-electron chi connectivity index (χ4n) is 2.27. The summed E-state index contributed by atoms with van der Waals surface area (Å²) in [6.07, 6.45) is 1.14. The highest BCUT2D eigenvalue weighted by atomic mass is 35.5. The summed E-state index contributed by atoms with van der Waals surface area (Å²) in [4.78, 5) is 2.43. The maximum absolute atomic E-state index is 6.19. The molecule has 0 saturated carbocycles. The van der Waals surface area contributed by atoms with E-state index in [2.05, 4.69) is 24.1 Å². The van der Waals surface area contributed by atoms with Gasteiger partial charge in [-0.15, -0.1) is 0 Å². The van der Waals surface area contributed by atoms with Crippen LogP contribution in [-0.2, 0) is 6.54 Å². The minimum Gasteiger partial charge on any atom is -0.493 e. The molecule has 0 aliphatic rings. The maximum Gasteiger partial charge on any atom is 0.179 e. The number of nitrogens with zero attached hydrogens (tertiary/aromatic N) is 1. The molecule has 0 aromatic heterocycles. The summed E-state index contributed by atoms with van der Waals surface area (Å²) < 4.78 is 10.5. The van der Waals surface area contributed by atoms with E-state index in [1.165, 1.54) is 0 Å².